The van der Waals surface area contributed by atoms with Crippen LogP contribution in [0.2, 0.25) is 0 Å². The predicted molar refractivity (Wildman–Crippen MR) is 163 cm³/mol. The molecule has 4 saturated heterocycles. The molecule has 50 heavy (non-hydrogen) atoms. The van der Waals surface area contributed by atoms with Crippen LogP contribution in [-0.2, 0) is 37.9 Å². The lowest BCUT2D eigenvalue weighted by Gasteiger charge is -2.48. The number of hydrogen-bond acceptors (Lipinski definition) is 20. The summed E-state index contributed by atoms with van der Waals surface area (Å²) >= 11 is 0. The van der Waals surface area contributed by atoms with Crippen molar-refractivity contribution < 1.29 is 94.1 Å². The Balaban J connectivity index is 1.43. The molecule has 4 heterocycles. The highest BCUT2D eigenvalue weighted by Gasteiger charge is 2.52. The molecule has 0 amide bonds. The van der Waals surface area contributed by atoms with Crippen LogP contribution in [0.1, 0.15) is 13.8 Å². The van der Waals surface area contributed by atoms with Gasteiger partial charge in [-0.15, -0.1) is 0 Å². The topological polar surface area (TPSA) is 300 Å². The minimum atomic E-state index is -1.81. The first kappa shape index (κ1) is 41.9. The first-order valence-electron chi connectivity index (χ1n) is 16.9. The lowest BCUT2D eigenvalue weighted by molar-refractivity contribution is -0.354. The summed E-state index contributed by atoms with van der Waals surface area (Å²) in [4.78, 5) is 1.88. The predicted octanol–water partition coefficient (Wildman–Crippen LogP) is -6.81. The summed E-state index contributed by atoms with van der Waals surface area (Å²) in [6, 6.07) is 0. The van der Waals surface area contributed by atoms with Crippen LogP contribution in [-0.4, -0.2) is 231 Å². The van der Waals surface area contributed by atoms with Gasteiger partial charge in [-0.3, -0.25) is 4.90 Å². The Morgan fingerprint density at radius 2 is 1.26 bits per heavy atom. The molecule has 0 saturated carbocycles. The average Bonchev–Trinajstić information content (AvgIpc) is 3.10. The Morgan fingerprint density at radius 1 is 0.620 bits per heavy atom. The van der Waals surface area contributed by atoms with E-state index < -0.39 is 124 Å². The Kier molecular flexibility index (Phi) is 16.4. The summed E-state index contributed by atoms with van der Waals surface area (Å²) in [5, 5.41) is 114. The molecule has 17 atom stereocenters. The van der Waals surface area contributed by atoms with E-state index in [1.807, 2.05) is 4.90 Å². The van der Waals surface area contributed by atoms with E-state index in [1.54, 1.807) is 13.8 Å². The molecule has 0 spiro atoms. The number of hydrogen-bond donors (Lipinski definition) is 11. The summed E-state index contributed by atoms with van der Waals surface area (Å²) in [5.41, 5.74) is 0. The fraction of sp³-hybridized carbons (Fsp3) is 1.00. The van der Waals surface area contributed by atoms with Gasteiger partial charge in [0.05, 0.1) is 58.5 Å². The third kappa shape index (κ3) is 10.0. The van der Waals surface area contributed by atoms with Crippen LogP contribution < -0.4 is 0 Å². The molecule has 294 valence electrons. The van der Waals surface area contributed by atoms with E-state index in [9.17, 15) is 51.1 Å². The fourth-order valence-electron chi connectivity index (χ4n) is 6.46. The van der Waals surface area contributed by atoms with Crippen LogP contribution in [0.5, 0.6) is 0 Å². The van der Waals surface area contributed by atoms with Crippen molar-refractivity contribution in [2.24, 2.45) is 5.92 Å². The maximum Gasteiger partial charge on any atom is 0.187 e. The highest BCUT2D eigenvalue weighted by Crippen LogP contribution is 2.33. The van der Waals surface area contributed by atoms with E-state index in [1.165, 1.54) is 0 Å². The monoisotopic (exact) mass is 733 g/mol. The Bertz CT molecular complexity index is 985. The minimum Gasteiger partial charge on any atom is -0.394 e. The highest BCUT2D eigenvalue weighted by molar-refractivity contribution is 4.97. The molecule has 4 fully saturated rings. The Labute approximate surface area is 289 Å². The average molecular weight is 734 g/mol. The second-order valence-corrected chi connectivity index (χ2v) is 13.3. The molecule has 20 nitrogen and oxygen atoms in total. The molecule has 0 radical (unpaired) electrons. The number of nitrogens with zero attached hydrogens (tertiary/aromatic N) is 1. The second-order valence-electron chi connectivity index (χ2n) is 13.3. The SMILES string of the molecule is CC(C)C1OC(COC2OC(CO)C(O)C(OC3CN(CCOCCO)CC(CO)O3)C2O)C(O)C(OC2OC(CO)C(O)C(O)C2O)C1O. The molecule has 20 heteroatoms. The van der Waals surface area contributed by atoms with Gasteiger partial charge in [-0.25, -0.2) is 0 Å². The van der Waals surface area contributed by atoms with Gasteiger partial charge in [-0.05, 0) is 5.92 Å². The van der Waals surface area contributed by atoms with E-state index in [-0.39, 0.29) is 38.9 Å². The van der Waals surface area contributed by atoms with Crippen molar-refractivity contribution in [2.75, 3.05) is 65.9 Å². The minimum absolute atomic E-state index is 0.133. The largest absolute Gasteiger partial charge is 0.394 e. The molecule has 4 aliphatic rings. The third-order valence-electron chi connectivity index (χ3n) is 9.28. The summed E-state index contributed by atoms with van der Waals surface area (Å²) in [5.74, 6) is -0.344. The molecule has 17 unspecified atom stereocenters. The molecule has 0 bridgehead atoms. The number of morpholine rings is 1. The molecule has 4 rings (SSSR count). The fourth-order valence-corrected chi connectivity index (χ4v) is 6.46. The van der Waals surface area contributed by atoms with E-state index >= 15 is 0 Å². The van der Waals surface area contributed by atoms with Crippen molar-refractivity contribution in [3.05, 3.63) is 0 Å². The molecule has 0 aromatic heterocycles. The number of aliphatic hydroxyl groups excluding tert-OH is 11. The van der Waals surface area contributed by atoms with E-state index in [4.69, 9.17) is 43.0 Å². The van der Waals surface area contributed by atoms with Crippen LogP contribution in [0.4, 0.5) is 0 Å². The zero-order chi connectivity index (χ0) is 36.7. The molecule has 4 aliphatic heterocycles. The normalized spacial score (nSPS) is 44.9. The maximum atomic E-state index is 11.3. The van der Waals surface area contributed by atoms with Crippen LogP contribution in [0.15, 0.2) is 0 Å². The lowest BCUT2D eigenvalue weighted by Crippen LogP contribution is -2.65. The van der Waals surface area contributed by atoms with Crippen molar-refractivity contribution in [1.82, 2.24) is 4.90 Å². The summed E-state index contributed by atoms with van der Waals surface area (Å²) in [6.45, 7) is 2.47. The molecule has 0 aliphatic carbocycles. The number of aliphatic hydroxyl groups is 11. The molecule has 11 N–H and O–H groups in total. The smallest absolute Gasteiger partial charge is 0.187 e. The van der Waals surface area contributed by atoms with Crippen molar-refractivity contribution in [3.63, 3.8) is 0 Å². The van der Waals surface area contributed by atoms with Gasteiger partial charge < -0.3 is 94.1 Å². The first-order chi connectivity index (χ1) is 23.8. The van der Waals surface area contributed by atoms with E-state index in [0.29, 0.717) is 13.1 Å². The third-order valence-corrected chi connectivity index (χ3v) is 9.28. The highest BCUT2D eigenvalue weighted by atomic mass is 16.7. The van der Waals surface area contributed by atoms with Crippen molar-refractivity contribution >= 4 is 0 Å². The van der Waals surface area contributed by atoms with Crippen LogP contribution >= 0.6 is 0 Å². The lowest BCUT2D eigenvalue weighted by atomic mass is 9.89. The Morgan fingerprint density at radius 3 is 1.90 bits per heavy atom. The first-order valence-corrected chi connectivity index (χ1v) is 16.9. The maximum absolute atomic E-state index is 11.3. The molecular formula is C30H55NO19. The number of rotatable bonds is 16. The van der Waals surface area contributed by atoms with Gasteiger partial charge in [-0.2, -0.15) is 0 Å². The van der Waals surface area contributed by atoms with E-state index in [0.717, 1.165) is 0 Å². The zero-order valence-corrected chi connectivity index (χ0v) is 28.1. The van der Waals surface area contributed by atoms with Crippen LogP contribution in [0.25, 0.3) is 0 Å². The van der Waals surface area contributed by atoms with Crippen molar-refractivity contribution in [2.45, 2.75) is 118 Å². The second kappa shape index (κ2) is 19.5. The quantitative estimate of drug-likeness (QED) is 0.0657. The van der Waals surface area contributed by atoms with E-state index in [2.05, 4.69) is 0 Å². The summed E-state index contributed by atoms with van der Waals surface area (Å²) in [7, 11) is 0. The summed E-state index contributed by atoms with van der Waals surface area (Å²) in [6.07, 6.45) is -24.2. The Hall–Kier alpha value is -0.800. The molecule has 0 aromatic rings. The standard InChI is InChI=1S/C30H55NO19/c1-13(2)26-24(41)27(50-30-23(40)22(39)19(36)15(10-34)48-30)21(38)17(46-26)12-44-29-25(42)28(20(37)16(11-35)47-29)49-18-8-31(3-5-43-6-4-32)7-14(9-33)45-18/h13-30,32-42H,3-12H2,1-2H3. The van der Waals surface area contributed by atoms with Gasteiger partial charge in [0.15, 0.2) is 18.9 Å². The van der Waals surface area contributed by atoms with Gasteiger partial charge in [0.1, 0.15) is 73.2 Å². The van der Waals surface area contributed by atoms with Gasteiger partial charge in [-0.1, -0.05) is 13.8 Å². The van der Waals surface area contributed by atoms with Crippen molar-refractivity contribution in [3.8, 4) is 0 Å². The number of ether oxygens (including phenoxy) is 8. The molecular weight excluding hydrogens is 678 g/mol. The molecule has 0 aromatic carbocycles. The van der Waals surface area contributed by atoms with Gasteiger partial charge in [0.2, 0.25) is 0 Å². The summed E-state index contributed by atoms with van der Waals surface area (Å²) < 4.78 is 45.6. The van der Waals surface area contributed by atoms with Crippen molar-refractivity contribution in [1.29, 1.82) is 0 Å². The van der Waals surface area contributed by atoms with Crippen LogP contribution in [0.3, 0.4) is 0 Å². The van der Waals surface area contributed by atoms with Gasteiger partial charge >= 0.3 is 0 Å². The van der Waals surface area contributed by atoms with Gasteiger partial charge in [0.25, 0.3) is 0 Å². The zero-order valence-electron chi connectivity index (χ0n) is 28.1. The van der Waals surface area contributed by atoms with Gasteiger partial charge in [0, 0.05) is 19.6 Å². The van der Waals surface area contributed by atoms with Crippen LogP contribution in [0, 0.1) is 5.92 Å².